The summed E-state index contributed by atoms with van der Waals surface area (Å²) in [4.78, 5) is 34.5. The van der Waals surface area contributed by atoms with Crippen molar-refractivity contribution in [3.05, 3.63) is 16.8 Å². The van der Waals surface area contributed by atoms with Gasteiger partial charge in [0.2, 0.25) is 0 Å². The number of aryl methyl sites for hydroxylation is 2. The van der Waals surface area contributed by atoms with Crippen molar-refractivity contribution in [1.82, 2.24) is 15.3 Å². The second kappa shape index (κ2) is 8.67. The van der Waals surface area contributed by atoms with Crippen LogP contribution in [0.5, 0.6) is 0 Å². The molecule has 7 nitrogen and oxygen atoms in total. The summed E-state index contributed by atoms with van der Waals surface area (Å²) in [6, 6.07) is 2.08. The minimum Gasteiger partial charge on any atom is -0.455 e. The molecule has 0 saturated carbocycles. The molecule has 0 aromatic carbocycles. The number of nitriles is 1. The molecule has 1 amide bonds. The van der Waals surface area contributed by atoms with Crippen molar-refractivity contribution in [2.45, 2.75) is 45.2 Å². The number of thioether (sulfide) groups is 1. The molecule has 2 heterocycles. The van der Waals surface area contributed by atoms with E-state index in [1.807, 2.05) is 27.7 Å². The molecule has 0 radical (unpaired) electrons. The molecule has 2 rings (SSSR count). The number of hydrogen-bond donors (Lipinski definition) is 1. The summed E-state index contributed by atoms with van der Waals surface area (Å²) < 4.78 is 5.02. The highest BCUT2D eigenvalue weighted by molar-refractivity contribution is 8.00. The van der Waals surface area contributed by atoms with Gasteiger partial charge in [-0.1, -0.05) is 25.6 Å². The van der Waals surface area contributed by atoms with Gasteiger partial charge >= 0.3 is 5.97 Å². The Morgan fingerprint density at radius 1 is 1.41 bits per heavy atom. The van der Waals surface area contributed by atoms with Crippen LogP contribution < -0.4 is 5.32 Å². The average molecular weight is 407 g/mol. The number of amides is 1. The zero-order valence-corrected chi connectivity index (χ0v) is 17.6. The number of nitrogens with one attached hydrogen (secondary N) is 1. The summed E-state index contributed by atoms with van der Waals surface area (Å²) in [5.74, 6) is -1.06. The van der Waals surface area contributed by atoms with Gasteiger partial charge in [0.05, 0.1) is 11.8 Å². The van der Waals surface area contributed by atoms with Crippen LogP contribution in [0.15, 0.2) is 11.4 Å². The number of aromatic nitrogens is 2. The maximum atomic E-state index is 12.0. The van der Waals surface area contributed by atoms with E-state index in [0.717, 1.165) is 25.7 Å². The van der Waals surface area contributed by atoms with E-state index < -0.39 is 24.0 Å². The molecular formula is C18H22N4O3S2. The first-order chi connectivity index (χ1) is 12.7. The van der Waals surface area contributed by atoms with Crippen LogP contribution in [-0.2, 0) is 14.3 Å². The second-order valence-corrected chi connectivity index (χ2v) is 8.78. The molecule has 0 aliphatic heterocycles. The number of carbonyl (C=O) groups excluding carboxylic acids is 2. The summed E-state index contributed by atoms with van der Waals surface area (Å²) in [7, 11) is 0. The van der Waals surface area contributed by atoms with Crippen LogP contribution in [0.4, 0.5) is 0 Å². The Morgan fingerprint density at radius 2 is 2.11 bits per heavy atom. The molecule has 1 atom stereocenters. The summed E-state index contributed by atoms with van der Waals surface area (Å²) in [6.07, 6.45) is 1.48. The van der Waals surface area contributed by atoms with Gasteiger partial charge in [-0.2, -0.15) is 5.26 Å². The van der Waals surface area contributed by atoms with Gasteiger partial charge in [0.15, 0.2) is 6.61 Å². The number of rotatable bonds is 7. The Kier molecular flexibility index (Phi) is 6.78. The number of thiophene rings is 1. The smallest absolute Gasteiger partial charge is 0.316 e. The Hall–Kier alpha value is -2.18. The van der Waals surface area contributed by atoms with Crippen molar-refractivity contribution >= 4 is 45.2 Å². The van der Waals surface area contributed by atoms with E-state index in [4.69, 9.17) is 4.74 Å². The molecule has 0 spiro atoms. The first kappa shape index (κ1) is 21.1. The predicted octanol–water partition coefficient (Wildman–Crippen LogP) is 3.00. The number of nitrogens with zero attached hydrogens (tertiary/aromatic N) is 3. The van der Waals surface area contributed by atoms with Crippen molar-refractivity contribution in [2.24, 2.45) is 5.92 Å². The first-order valence-electron chi connectivity index (χ1n) is 8.39. The maximum Gasteiger partial charge on any atom is 0.316 e. The van der Waals surface area contributed by atoms with Crippen LogP contribution in [0.25, 0.3) is 10.2 Å². The van der Waals surface area contributed by atoms with Gasteiger partial charge in [0.1, 0.15) is 21.7 Å². The van der Waals surface area contributed by atoms with Gasteiger partial charge in [0.25, 0.3) is 5.91 Å². The van der Waals surface area contributed by atoms with Crippen molar-refractivity contribution in [2.75, 3.05) is 12.4 Å². The van der Waals surface area contributed by atoms with E-state index in [1.165, 1.54) is 18.1 Å². The summed E-state index contributed by atoms with van der Waals surface area (Å²) >= 11 is 2.85. The highest BCUT2D eigenvalue weighted by Gasteiger charge is 2.30. The average Bonchev–Trinajstić information content (AvgIpc) is 2.92. The molecule has 0 aliphatic carbocycles. The standard InChI is InChI=1S/C18H22N4O3S2/c1-10(2)18(5,8-19)22-13(23)6-25-14(24)7-26-16-15-11(3)12(4)27-17(15)21-9-20-16/h9-10H,6-7H2,1-5H3,(H,22,23)/t18-/m1/s1. The zero-order chi connectivity index (χ0) is 20.2. The fraction of sp³-hybridized carbons (Fsp3) is 0.500. The van der Waals surface area contributed by atoms with Gasteiger partial charge in [0, 0.05) is 10.3 Å². The molecule has 2 aromatic rings. The van der Waals surface area contributed by atoms with Gasteiger partial charge in [-0.05, 0) is 32.3 Å². The van der Waals surface area contributed by atoms with Crippen LogP contribution in [0.3, 0.4) is 0 Å². The Morgan fingerprint density at radius 3 is 2.74 bits per heavy atom. The van der Waals surface area contributed by atoms with Gasteiger partial charge in [-0.3, -0.25) is 9.59 Å². The predicted molar refractivity (Wildman–Crippen MR) is 106 cm³/mol. The largest absolute Gasteiger partial charge is 0.455 e. The van der Waals surface area contributed by atoms with E-state index in [2.05, 4.69) is 21.4 Å². The van der Waals surface area contributed by atoms with E-state index >= 15 is 0 Å². The molecular weight excluding hydrogens is 384 g/mol. The molecule has 27 heavy (non-hydrogen) atoms. The van der Waals surface area contributed by atoms with E-state index in [9.17, 15) is 14.9 Å². The van der Waals surface area contributed by atoms with Crippen molar-refractivity contribution in [3.63, 3.8) is 0 Å². The third kappa shape index (κ3) is 4.96. The molecule has 2 aromatic heterocycles. The first-order valence-corrected chi connectivity index (χ1v) is 10.2. The van der Waals surface area contributed by atoms with Gasteiger partial charge in [-0.25, -0.2) is 9.97 Å². The van der Waals surface area contributed by atoms with E-state index in [0.29, 0.717) is 0 Å². The Bertz CT molecular complexity index is 904. The Balaban J connectivity index is 1.91. The highest BCUT2D eigenvalue weighted by atomic mass is 32.2. The molecule has 0 aliphatic rings. The lowest BCUT2D eigenvalue weighted by atomic mass is 9.90. The maximum absolute atomic E-state index is 12.0. The van der Waals surface area contributed by atoms with Crippen LogP contribution in [0, 0.1) is 31.1 Å². The molecule has 1 N–H and O–H groups in total. The lowest BCUT2D eigenvalue weighted by molar-refractivity contribution is -0.146. The number of ether oxygens (including phenoxy) is 1. The molecule has 9 heteroatoms. The summed E-state index contributed by atoms with van der Waals surface area (Å²) in [5.41, 5.74) is 0.106. The summed E-state index contributed by atoms with van der Waals surface area (Å²) in [6.45, 7) is 8.92. The quantitative estimate of drug-likeness (QED) is 0.428. The van der Waals surface area contributed by atoms with Crippen LogP contribution in [-0.4, -0.2) is 39.7 Å². The molecule has 0 unspecified atom stereocenters. The van der Waals surface area contributed by atoms with E-state index in [-0.39, 0.29) is 11.7 Å². The van der Waals surface area contributed by atoms with Crippen molar-refractivity contribution in [3.8, 4) is 6.07 Å². The van der Waals surface area contributed by atoms with Crippen LogP contribution >= 0.6 is 23.1 Å². The molecule has 144 valence electrons. The topological polar surface area (TPSA) is 105 Å². The lowest BCUT2D eigenvalue weighted by Gasteiger charge is -2.27. The van der Waals surface area contributed by atoms with Crippen molar-refractivity contribution < 1.29 is 14.3 Å². The van der Waals surface area contributed by atoms with Crippen LogP contribution in [0.2, 0.25) is 0 Å². The monoisotopic (exact) mass is 406 g/mol. The van der Waals surface area contributed by atoms with Crippen molar-refractivity contribution in [1.29, 1.82) is 5.26 Å². The normalized spacial score (nSPS) is 13.2. The minimum atomic E-state index is -1.00. The number of esters is 1. The second-order valence-electron chi connectivity index (χ2n) is 6.61. The summed E-state index contributed by atoms with van der Waals surface area (Å²) in [5, 5.41) is 13.5. The molecule has 0 saturated heterocycles. The molecule has 0 fully saturated rings. The number of fused-ring (bicyclic) bond motifs is 1. The zero-order valence-electron chi connectivity index (χ0n) is 16.0. The van der Waals surface area contributed by atoms with Gasteiger partial charge in [-0.15, -0.1) is 11.3 Å². The van der Waals surface area contributed by atoms with Crippen LogP contribution in [0.1, 0.15) is 31.2 Å². The highest BCUT2D eigenvalue weighted by Crippen LogP contribution is 2.34. The fourth-order valence-electron chi connectivity index (χ4n) is 2.20. The third-order valence-corrected chi connectivity index (χ3v) is 6.49. The van der Waals surface area contributed by atoms with Gasteiger partial charge < -0.3 is 10.1 Å². The Labute approximate surface area is 166 Å². The fourth-order valence-corrected chi connectivity index (χ4v) is 4.12. The minimum absolute atomic E-state index is 0.0351. The SMILES string of the molecule is Cc1sc2ncnc(SCC(=O)OCC(=O)N[C@](C)(C#N)C(C)C)c2c1C. The molecule has 0 bridgehead atoms. The number of hydrogen-bond acceptors (Lipinski definition) is 8. The third-order valence-electron chi connectivity index (χ3n) is 4.41. The number of carbonyl (C=O) groups is 2. The lowest BCUT2D eigenvalue weighted by Crippen LogP contribution is -2.50. The van der Waals surface area contributed by atoms with E-state index in [1.54, 1.807) is 18.3 Å².